The first-order valence-corrected chi connectivity index (χ1v) is 17.0. The average molecular weight is 728 g/mol. The summed E-state index contributed by atoms with van der Waals surface area (Å²) in [5.74, 6) is -5.90. The third-order valence-corrected chi connectivity index (χ3v) is 9.97. The molecular formula is C36H45N3O13. The van der Waals surface area contributed by atoms with Gasteiger partial charge in [0.15, 0.2) is 17.9 Å². The zero-order valence-electron chi connectivity index (χ0n) is 29.5. The second-order valence-electron chi connectivity index (χ2n) is 14.1. The molecule has 2 amide bonds. The number of hydrogen-bond acceptors (Lipinski definition) is 15. The Labute approximate surface area is 299 Å². The standard InChI is InChI=1S/C36H45N3O13/c1-14(2)9-19(38)35(48)39(34(47)15(3)37)20-10-24(51-16(4)29(20)42)52-22-12-36(49,23(41)13-40)11-18-26(22)33(46)28-27(31(18)44)30(43)17-7-6-8-21(50-5)25(17)32(28)45/h6-8,14-16,19-20,22,24,29,40,42,44,46,49H,9-13,37-38H2,1-5H3/t15-,16?,19-,20?,22-,24?,29?,36-/m0/s1. The van der Waals surface area contributed by atoms with Crippen molar-refractivity contribution < 1.29 is 63.7 Å². The van der Waals surface area contributed by atoms with Crippen molar-refractivity contribution in [1.82, 2.24) is 4.90 Å². The van der Waals surface area contributed by atoms with Crippen molar-refractivity contribution in [2.24, 2.45) is 17.4 Å². The van der Waals surface area contributed by atoms with Gasteiger partial charge in [0.2, 0.25) is 17.6 Å². The molecule has 4 unspecified atom stereocenters. The van der Waals surface area contributed by atoms with Gasteiger partial charge in [0.25, 0.3) is 0 Å². The van der Waals surface area contributed by atoms with Gasteiger partial charge >= 0.3 is 0 Å². The molecule has 0 spiro atoms. The highest BCUT2D eigenvalue weighted by molar-refractivity contribution is 6.31. The molecule has 0 aromatic heterocycles. The van der Waals surface area contributed by atoms with Gasteiger partial charge < -0.3 is 51.2 Å². The van der Waals surface area contributed by atoms with Crippen LogP contribution in [0.2, 0.25) is 0 Å². The van der Waals surface area contributed by atoms with Crippen molar-refractivity contribution in [1.29, 1.82) is 0 Å². The highest BCUT2D eigenvalue weighted by Gasteiger charge is 2.51. The molecule has 52 heavy (non-hydrogen) atoms. The zero-order valence-corrected chi connectivity index (χ0v) is 29.5. The summed E-state index contributed by atoms with van der Waals surface area (Å²) in [5.41, 5.74) is 7.76. The number of aromatic hydroxyl groups is 2. The lowest BCUT2D eigenvalue weighted by Crippen LogP contribution is -2.63. The topological polar surface area (TPSA) is 269 Å². The van der Waals surface area contributed by atoms with E-state index >= 15 is 0 Å². The van der Waals surface area contributed by atoms with Crippen molar-refractivity contribution in [3.8, 4) is 17.2 Å². The molecule has 2 aliphatic carbocycles. The summed E-state index contributed by atoms with van der Waals surface area (Å²) in [7, 11) is 1.29. The molecule has 0 saturated carbocycles. The number of aliphatic hydroxyl groups excluding tert-OH is 2. The first kappa shape index (κ1) is 38.9. The van der Waals surface area contributed by atoms with Crippen LogP contribution in [0, 0.1) is 5.92 Å². The number of carbonyl (C=O) groups excluding carboxylic acids is 5. The Balaban J connectivity index is 1.61. The van der Waals surface area contributed by atoms with Gasteiger partial charge in [0.05, 0.1) is 54.1 Å². The SMILES string of the molecule is COc1cccc2c1C(=O)c1c(O)c3c(c(O)c1C2=O)C[C@@](O)(C(=O)CO)C[C@@H]3OC1CC(N(C(=O)[C@H](C)N)C(=O)[C@@H](N)CC(C)C)C(O)C(C)O1. The Bertz CT molecular complexity index is 1810. The minimum atomic E-state index is -2.40. The van der Waals surface area contributed by atoms with E-state index in [1.807, 2.05) is 13.8 Å². The van der Waals surface area contributed by atoms with Gasteiger partial charge in [-0.15, -0.1) is 0 Å². The Morgan fingerprint density at radius 2 is 1.69 bits per heavy atom. The van der Waals surface area contributed by atoms with E-state index in [0.29, 0.717) is 0 Å². The molecule has 1 saturated heterocycles. The number of nitrogens with two attached hydrogens (primary N) is 2. The van der Waals surface area contributed by atoms with Crippen LogP contribution in [0.3, 0.4) is 0 Å². The number of methoxy groups -OCH3 is 1. The minimum Gasteiger partial charge on any atom is -0.507 e. The fourth-order valence-corrected chi connectivity index (χ4v) is 7.39. The Morgan fingerprint density at radius 3 is 2.29 bits per heavy atom. The highest BCUT2D eigenvalue weighted by Crippen LogP contribution is 2.52. The van der Waals surface area contributed by atoms with Crippen LogP contribution in [-0.4, -0.2) is 116 Å². The molecule has 0 bridgehead atoms. The molecule has 2 aromatic rings. The fourth-order valence-electron chi connectivity index (χ4n) is 7.39. The lowest BCUT2D eigenvalue weighted by atomic mass is 9.72. The maximum absolute atomic E-state index is 13.9. The summed E-state index contributed by atoms with van der Waals surface area (Å²) in [6.45, 7) is 5.39. The monoisotopic (exact) mass is 727 g/mol. The molecule has 9 N–H and O–H groups in total. The molecule has 5 rings (SSSR count). The number of benzene rings is 2. The number of aliphatic hydroxyl groups is 3. The number of hydrogen-bond donors (Lipinski definition) is 7. The van der Waals surface area contributed by atoms with Crippen LogP contribution in [-0.2, 0) is 30.3 Å². The van der Waals surface area contributed by atoms with Crippen molar-refractivity contribution in [2.45, 2.75) is 102 Å². The predicted molar refractivity (Wildman–Crippen MR) is 180 cm³/mol. The lowest BCUT2D eigenvalue weighted by Gasteiger charge is -2.45. The van der Waals surface area contributed by atoms with Crippen molar-refractivity contribution in [3.63, 3.8) is 0 Å². The first-order valence-electron chi connectivity index (χ1n) is 17.0. The van der Waals surface area contributed by atoms with E-state index in [2.05, 4.69) is 0 Å². The summed E-state index contributed by atoms with van der Waals surface area (Å²) >= 11 is 0. The van der Waals surface area contributed by atoms with Crippen molar-refractivity contribution >= 4 is 29.2 Å². The van der Waals surface area contributed by atoms with E-state index in [1.165, 1.54) is 39.2 Å². The molecule has 1 aliphatic heterocycles. The first-order chi connectivity index (χ1) is 24.4. The van der Waals surface area contributed by atoms with Crippen LogP contribution in [0.25, 0.3) is 0 Å². The van der Waals surface area contributed by atoms with E-state index in [1.54, 1.807) is 0 Å². The number of phenolic OH excluding ortho intramolecular Hbond substituents is 2. The number of phenols is 2. The van der Waals surface area contributed by atoms with E-state index in [-0.39, 0.29) is 46.8 Å². The highest BCUT2D eigenvalue weighted by atomic mass is 16.7. The zero-order chi connectivity index (χ0) is 38.6. The van der Waals surface area contributed by atoms with Gasteiger partial charge in [-0.3, -0.25) is 28.9 Å². The van der Waals surface area contributed by atoms with Crippen LogP contribution in [0.5, 0.6) is 17.2 Å². The molecule has 0 radical (unpaired) electrons. The van der Waals surface area contributed by atoms with Crippen LogP contribution in [0.1, 0.15) is 96.0 Å². The third-order valence-electron chi connectivity index (χ3n) is 9.97. The van der Waals surface area contributed by atoms with Crippen LogP contribution >= 0.6 is 0 Å². The maximum Gasteiger partial charge on any atom is 0.246 e. The van der Waals surface area contributed by atoms with Crippen LogP contribution in [0.4, 0.5) is 0 Å². The maximum atomic E-state index is 13.9. The fraction of sp³-hybridized carbons (Fsp3) is 0.528. The second kappa shape index (κ2) is 14.6. The van der Waals surface area contributed by atoms with E-state index < -0.39 is 120 Å². The Hall–Kier alpha value is -4.29. The van der Waals surface area contributed by atoms with E-state index in [9.17, 15) is 49.5 Å². The number of nitrogens with zero attached hydrogens (tertiary/aromatic N) is 1. The summed E-state index contributed by atoms with van der Waals surface area (Å²) in [6.07, 6.45) is -6.96. The summed E-state index contributed by atoms with van der Waals surface area (Å²) in [6, 6.07) is 0.694. The Kier molecular flexibility index (Phi) is 10.9. The number of amides is 2. The molecule has 3 aliphatic rings. The summed E-state index contributed by atoms with van der Waals surface area (Å²) < 4.78 is 17.5. The van der Waals surface area contributed by atoms with Crippen molar-refractivity contribution in [3.05, 3.63) is 51.6 Å². The average Bonchev–Trinajstić information content (AvgIpc) is 3.09. The van der Waals surface area contributed by atoms with Crippen LogP contribution in [0.15, 0.2) is 18.2 Å². The van der Waals surface area contributed by atoms with Gasteiger partial charge in [-0.1, -0.05) is 26.0 Å². The molecule has 16 nitrogen and oxygen atoms in total. The number of rotatable bonds is 10. The molecule has 16 heteroatoms. The van der Waals surface area contributed by atoms with Crippen LogP contribution < -0.4 is 16.2 Å². The largest absolute Gasteiger partial charge is 0.507 e. The van der Waals surface area contributed by atoms with Gasteiger partial charge in [-0.25, -0.2) is 0 Å². The number of imide groups is 1. The molecular weight excluding hydrogens is 682 g/mol. The molecule has 1 heterocycles. The molecule has 8 atom stereocenters. The Morgan fingerprint density at radius 1 is 1.04 bits per heavy atom. The third kappa shape index (κ3) is 6.59. The summed E-state index contributed by atoms with van der Waals surface area (Å²) in [4.78, 5) is 68.5. The smallest absolute Gasteiger partial charge is 0.246 e. The number of ketones is 3. The number of fused-ring (bicyclic) bond motifs is 3. The number of Topliss-reactive ketones (excluding diaryl/α,β-unsaturated/α-hetero) is 1. The van der Waals surface area contributed by atoms with E-state index in [4.69, 9.17) is 25.7 Å². The molecule has 282 valence electrons. The number of ether oxygens (including phenoxy) is 3. The summed E-state index contributed by atoms with van der Waals surface area (Å²) in [5, 5.41) is 56.0. The lowest BCUT2D eigenvalue weighted by molar-refractivity contribution is -0.257. The van der Waals surface area contributed by atoms with Gasteiger partial charge in [-0.05, 0) is 32.3 Å². The predicted octanol–water partition coefficient (Wildman–Crippen LogP) is 0.118. The van der Waals surface area contributed by atoms with Gasteiger partial charge in [-0.2, -0.15) is 0 Å². The van der Waals surface area contributed by atoms with E-state index in [0.717, 1.165) is 4.90 Å². The van der Waals surface area contributed by atoms with Gasteiger partial charge in [0, 0.05) is 36.0 Å². The number of carbonyl (C=O) groups is 5. The van der Waals surface area contributed by atoms with Crippen molar-refractivity contribution in [2.75, 3.05) is 13.7 Å². The molecule has 2 aromatic carbocycles. The molecule has 1 fully saturated rings. The minimum absolute atomic E-state index is 0.0147. The van der Waals surface area contributed by atoms with Gasteiger partial charge in [0.1, 0.15) is 35.6 Å². The normalized spacial score (nSPS) is 26.6. The quantitative estimate of drug-likeness (QED) is 0.137. The second-order valence-corrected chi connectivity index (χ2v) is 14.1.